The lowest BCUT2D eigenvalue weighted by Crippen LogP contribution is -2.40. The molecule has 8 heteroatoms. The van der Waals surface area contributed by atoms with Gasteiger partial charge in [0.1, 0.15) is 0 Å². The Morgan fingerprint density at radius 3 is 2.54 bits per heavy atom. The minimum Gasteiger partial charge on any atom is -0.352 e. The van der Waals surface area contributed by atoms with E-state index in [4.69, 9.17) is 11.6 Å². The maximum absolute atomic E-state index is 12.4. The summed E-state index contributed by atoms with van der Waals surface area (Å²) in [7, 11) is -3.41. The molecule has 26 heavy (non-hydrogen) atoms. The molecule has 2 atom stereocenters. The molecule has 1 aliphatic rings. The number of hydrogen-bond acceptors (Lipinski definition) is 4. The largest absolute Gasteiger partial charge is 0.352 e. The minimum atomic E-state index is -3.41. The smallest absolute Gasteiger partial charge is 0.252 e. The Labute approximate surface area is 161 Å². The number of benzene rings is 1. The highest BCUT2D eigenvalue weighted by molar-refractivity contribution is 7.92. The Morgan fingerprint density at radius 1 is 1.27 bits per heavy atom. The number of likely N-dealkylation sites (tertiary alicyclic amines) is 1. The number of carbonyl (C=O) groups is 1. The second-order valence-corrected chi connectivity index (χ2v) is 9.54. The number of amides is 1. The number of hydrogen-bond donors (Lipinski definition) is 2. The van der Waals surface area contributed by atoms with Crippen LogP contribution in [0.5, 0.6) is 0 Å². The second-order valence-electron chi connectivity index (χ2n) is 7.38. The molecular weight excluding hydrogens is 374 g/mol. The predicted molar refractivity (Wildman–Crippen MR) is 106 cm³/mol. The van der Waals surface area contributed by atoms with Gasteiger partial charge in [-0.05, 0) is 49.4 Å². The second kappa shape index (κ2) is 9.06. The monoisotopic (exact) mass is 401 g/mol. The Hall–Kier alpha value is -1.31. The van der Waals surface area contributed by atoms with Crippen molar-refractivity contribution in [2.24, 2.45) is 11.8 Å². The average Bonchev–Trinajstić information content (AvgIpc) is 2.51. The van der Waals surface area contributed by atoms with Crippen LogP contribution in [0, 0.1) is 11.8 Å². The molecule has 0 unspecified atom stereocenters. The summed E-state index contributed by atoms with van der Waals surface area (Å²) in [6.07, 6.45) is 3.21. The summed E-state index contributed by atoms with van der Waals surface area (Å²) in [5.74, 6) is 1.14. The van der Waals surface area contributed by atoms with Crippen molar-refractivity contribution in [1.82, 2.24) is 10.2 Å². The molecule has 0 aliphatic carbocycles. The van der Waals surface area contributed by atoms with E-state index in [2.05, 4.69) is 28.8 Å². The third kappa shape index (κ3) is 6.78. The van der Waals surface area contributed by atoms with Crippen molar-refractivity contribution in [1.29, 1.82) is 0 Å². The number of rotatable bonds is 7. The van der Waals surface area contributed by atoms with Gasteiger partial charge in [-0.15, -0.1) is 0 Å². The van der Waals surface area contributed by atoms with Gasteiger partial charge in [0.15, 0.2) is 0 Å². The number of nitrogens with zero attached hydrogens (tertiary/aromatic N) is 1. The maximum atomic E-state index is 12.4. The summed E-state index contributed by atoms with van der Waals surface area (Å²) in [5.41, 5.74) is 0.582. The van der Waals surface area contributed by atoms with Crippen LogP contribution >= 0.6 is 11.6 Å². The van der Waals surface area contributed by atoms with Gasteiger partial charge in [0, 0.05) is 25.3 Å². The number of sulfonamides is 1. The highest BCUT2D eigenvalue weighted by atomic mass is 35.5. The molecule has 1 aliphatic heterocycles. The van der Waals surface area contributed by atoms with Crippen molar-refractivity contribution in [3.05, 3.63) is 28.8 Å². The van der Waals surface area contributed by atoms with Crippen LogP contribution in [0.4, 0.5) is 5.69 Å². The van der Waals surface area contributed by atoms with E-state index >= 15 is 0 Å². The number of halogens is 1. The van der Waals surface area contributed by atoms with Crippen LogP contribution < -0.4 is 10.0 Å². The van der Waals surface area contributed by atoms with Gasteiger partial charge in [0.25, 0.3) is 5.91 Å². The van der Waals surface area contributed by atoms with Crippen LogP contribution in [0.1, 0.15) is 37.0 Å². The fraction of sp³-hybridized carbons (Fsp3) is 0.611. The summed E-state index contributed by atoms with van der Waals surface area (Å²) in [4.78, 5) is 14.8. The number of carbonyl (C=O) groups excluding carboxylic acids is 1. The molecule has 1 amide bonds. The Kier molecular flexibility index (Phi) is 7.32. The van der Waals surface area contributed by atoms with Crippen LogP contribution in [0.25, 0.3) is 0 Å². The van der Waals surface area contributed by atoms with Gasteiger partial charge >= 0.3 is 0 Å². The van der Waals surface area contributed by atoms with E-state index < -0.39 is 10.0 Å². The zero-order chi connectivity index (χ0) is 19.3. The zero-order valence-corrected chi connectivity index (χ0v) is 17.2. The topological polar surface area (TPSA) is 78.5 Å². The van der Waals surface area contributed by atoms with Crippen LogP contribution in [-0.2, 0) is 10.0 Å². The van der Waals surface area contributed by atoms with E-state index in [0.29, 0.717) is 17.3 Å². The fourth-order valence-corrected chi connectivity index (χ4v) is 4.31. The molecule has 0 aromatic heterocycles. The van der Waals surface area contributed by atoms with Gasteiger partial charge in [-0.25, -0.2) is 8.42 Å². The van der Waals surface area contributed by atoms with E-state index in [-0.39, 0.29) is 11.5 Å². The summed E-state index contributed by atoms with van der Waals surface area (Å²) in [6.45, 7) is 8.30. The van der Waals surface area contributed by atoms with Crippen LogP contribution in [0.15, 0.2) is 18.2 Å². The Balaban J connectivity index is 1.85. The van der Waals surface area contributed by atoms with Crippen LogP contribution in [0.3, 0.4) is 0 Å². The van der Waals surface area contributed by atoms with E-state index in [0.717, 1.165) is 44.1 Å². The molecule has 1 aromatic carbocycles. The molecule has 2 N–H and O–H groups in total. The van der Waals surface area contributed by atoms with Gasteiger partial charge in [-0.1, -0.05) is 25.4 Å². The quantitative estimate of drug-likeness (QED) is 0.688. The van der Waals surface area contributed by atoms with Crippen LogP contribution in [0.2, 0.25) is 5.02 Å². The SMILES string of the molecule is C[C@@H]1C[C@H](C)CN(CCCNC(=O)c2cc(NS(C)(=O)=O)ccc2Cl)C1. The lowest BCUT2D eigenvalue weighted by atomic mass is 9.92. The molecule has 146 valence electrons. The molecular formula is C18H28ClN3O3S. The number of anilines is 1. The van der Waals surface area contributed by atoms with Gasteiger partial charge < -0.3 is 10.2 Å². The van der Waals surface area contributed by atoms with Crippen molar-refractivity contribution in [2.75, 3.05) is 37.2 Å². The van der Waals surface area contributed by atoms with E-state index in [1.165, 1.54) is 24.6 Å². The first-order valence-electron chi connectivity index (χ1n) is 8.92. The molecule has 2 rings (SSSR count). The van der Waals surface area contributed by atoms with E-state index in [9.17, 15) is 13.2 Å². The highest BCUT2D eigenvalue weighted by Crippen LogP contribution is 2.22. The van der Waals surface area contributed by atoms with E-state index in [1.54, 1.807) is 0 Å². The summed E-state index contributed by atoms with van der Waals surface area (Å²) in [6, 6.07) is 4.49. The van der Waals surface area contributed by atoms with Crippen molar-refractivity contribution >= 4 is 33.2 Å². The molecule has 0 saturated carbocycles. The van der Waals surface area contributed by atoms with Crippen LogP contribution in [-0.4, -0.2) is 51.7 Å². The Bertz CT molecular complexity index is 729. The first-order chi connectivity index (χ1) is 12.1. The minimum absolute atomic E-state index is 0.264. The van der Waals surface area contributed by atoms with Crippen molar-refractivity contribution < 1.29 is 13.2 Å². The summed E-state index contributed by atoms with van der Waals surface area (Å²) >= 11 is 6.08. The van der Waals surface area contributed by atoms with Gasteiger partial charge in [-0.3, -0.25) is 9.52 Å². The number of nitrogens with one attached hydrogen (secondary N) is 2. The molecule has 1 saturated heterocycles. The molecule has 6 nitrogen and oxygen atoms in total. The van der Waals surface area contributed by atoms with Crippen molar-refractivity contribution in [3.63, 3.8) is 0 Å². The van der Waals surface area contributed by atoms with E-state index in [1.807, 2.05) is 0 Å². The maximum Gasteiger partial charge on any atom is 0.252 e. The summed E-state index contributed by atoms with van der Waals surface area (Å²) in [5, 5.41) is 3.16. The summed E-state index contributed by atoms with van der Waals surface area (Å²) < 4.78 is 25.0. The number of piperidine rings is 1. The normalized spacial score (nSPS) is 21.4. The van der Waals surface area contributed by atoms with Gasteiger partial charge in [-0.2, -0.15) is 0 Å². The molecule has 0 radical (unpaired) electrons. The fourth-order valence-electron chi connectivity index (χ4n) is 3.55. The molecule has 1 heterocycles. The van der Waals surface area contributed by atoms with Gasteiger partial charge in [0.2, 0.25) is 10.0 Å². The molecule has 1 fully saturated rings. The lowest BCUT2D eigenvalue weighted by molar-refractivity contribution is 0.0947. The first-order valence-corrected chi connectivity index (χ1v) is 11.2. The first kappa shape index (κ1) is 21.0. The predicted octanol–water partition coefficient (Wildman–Crippen LogP) is 2.81. The molecule has 1 aromatic rings. The average molecular weight is 402 g/mol. The lowest BCUT2D eigenvalue weighted by Gasteiger charge is -2.34. The zero-order valence-electron chi connectivity index (χ0n) is 15.6. The highest BCUT2D eigenvalue weighted by Gasteiger charge is 2.21. The third-order valence-corrected chi connectivity index (χ3v) is 5.33. The standard InChI is InChI=1S/C18H28ClN3O3S/c1-13-9-14(2)12-22(11-13)8-4-7-20-18(23)16-10-15(5-6-17(16)19)21-26(3,24)25/h5-6,10,13-14,21H,4,7-9,11-12H2,1-3H3,(H,20,23)/t13-,14+. The van der Waals surface area contributed by atoms with Gasteiger partial charge in [0.05, 0.1) is 16.8 Å². The molecule has 0 spiro atoms. The molecule has 0 bridgehead atoms. The van der Waals surface area contributed by atoms with Crippen molar-refractivity contribution in [3.8, 4) is 0 Å². The third-order valence-electron chi connectivity index (χ3n) is 4.40. The Morgan fingerprint density at radius 2 is 1.92 bits per heavy atom. The van der Waals surface area contributed by atoms with Crippen molar-refractivity contribution in [2.45, 2.75) is 26.7 Å².